The van der Waals surface area contributed by atoms with Crippen molar-refractivity contribution < 1.29 is 0 Å². The third-order valence-electron chi connectivity index (χ3n) is 2.23. The number of hydrogen-bond acceptors (Lipinski definition) is 1. The molecular weight excluding hydrogens is 273 g/mol. The molecule has 1 aromatic carbocycles. The standard InChI is InChI=1S/C11H16IN/c1-3-4-11(13)10-6-5-9(12)7-8(10)2/h5-7,11H,3-4,13H2,1-2H3/t11-/m0/s1. The molecule has 1 rings (SSSR count). The average molecular weight is 289 g/mol. The topological polar surface area (TPSA) is 26.0 Å². The zero-order valence-corrected chi connectivity index (χ0v) is 10.3. The number of nitrogens with two attached hydrogens (primary N) is 1. The Morgan fingerprint density at radius 3 is 2.69 bits per heavy atom. The van der Waals surface area contributed by atoms with E-state index in [9.17, 15) is 0 Å². The summed E-state index contributed by atoms with van der Waals surface area (Å²) in [5.74, 6) is 0. The lowest BCUT2D eigenvalue weighted by atomic mass is 9.99. The van der Waals surface area contributed by atoms with Crippen LogP contribution < -0.4 is 5.73 Å². The maximum Gasteiger partial charge on any atom is 0.0297 e. The van der Waals surface area contributed by atoms with Crippen LogP contribution >= 0.6 is 22.6 Å². The molecule has 0 bridgehead atoms. The largest absolute Gasteiger partial charge is 0.324 e. The summed E-state index contributed by atoms with van der Waals surface area (Å²) >= 11 is 2.33. The van der Waals surface area contributed by atoms with E-state index >= 15 is 0 Å². The fourth-order valence-corrected chi connectivity index (χ4v) is 2.17. The van der Waals surface area contributed by atoms with E-state index in [-0.39, 0.29) is 6.04 Å². The minimum absolute atomic E-state index is 0.210. The quantitative estimate of drug-likeness (QED) is 0.848. The molecule has 0 fully saturated rings. The molecule has 1 atom stereocenters. The first-order valence-electron chi connectivity index (χ1n) is 4.66. The van der Waals surface area contributed by atoms with Crippen molar-refractivity contribution in [2.75, 3.05) is 0 Å². The Morgan fingerprint density at radius 1 is 1.46 bits per heavy atom. The summed E-state index contributed by atoms with van der Waals surface area (Å²) in [5.41, 5.74) is 8.66. The van der Waals surface area contributed by atoms with Crippen LogP contribution in [0, 0.1) is 10.5 Å². The van der Waals surface area contributed by atoms with Crippen LogP contribution in [0.3, 0.4) is 0 Å². The summed E-state index contributed by atoms with van der Waals surface area (Å²) in [6.07, 6.45) is 2.22. The van der Waals surface area contributed by atoms with E-state index in [2.05, 4.69) is 54.6 Å². The van der Waals surface area contributed by atoms with Crippen molar-refractivity contribution in [2.45, 2.75) is 32.7 Å². The highest BCUT2D eigenvalue weighted by molar-refractivity contribution is 14.1. The summed E-state index contributed by atoms with van der Waals surface area (Å²) in [5, 5.41) is 0. The summed E-state index contributed by atoms with van der Waals surface area (Å²) in [6, 6.07) is 6.67. The zero-order valence-electron chi connectivity index (χ0n) is 8.18. The Labute approximate surface area is 93.9 Å². The molecule has 1 nitrogen and oxygen atoms in total. The average Bonchev–Trinajstić information content (AvgIpc) is 2.04. The second-order valence-corrected chi connectivity index (χ2v) is 4.64. The van der Waals surface area contributed by atoms with Gasteiger partial charge in [-0.05, 0) is 59.2 Å². The first-order chi connectivity index (χ1) is 6.15. The molecule has 2 N–H and O–H groups in total. The highest BCUT2D eigenvalue weighted by atomic mass is 127. The molecular formula is C11H16IN. The number of hydrogen-bond donors (Lipinski definition) is 1. The van der Waals surface area contributed by atoms with Gasteiger partial charge in [0.1, 0.15) is 0 Å². The predicted molar refractivity (Wildman–Crippen MR) is 65.7 cm³/mol. The second-order valence-electron chi connectivity index (χ2n) is 3.40. The molecule has 13 heavy (non-hydrogen) atoms. The molecule has 0 aromatic heterocycles. The van der Waals surface area contributed by atoms with Gasteiger partial charge < -0.3 is 5.73 Å². The Bertz CT molecular complexity index is 283. The molecule has 0 radical (unpaired) electrons. The van der Waals surface area contributed by atoms with Crippen LogP contribution in [-0.4, -0.2) is 0 Å². The Hall–Kier alpha value is -0.0900. The highest BCUT2D eigenvalue weighted by Crippen LogP contribution is 2.21. The van der Waals surface area contributed by atoms with Gasteiger partial charge in [-0.15, -0.1) is 0 Å². The van der Waals surface area contributed by atoms with Gasteiger partial charge in [-0.25, -0.2) is 0 Å². The highest BCUT2D eigenvalue weighted by Gasteiger charge is 2.07. The van der Waals surface area contributed by atoms with Gasteiger partial charge >= 0.3 is 0 Å². The van der Waals surface area contributed by atoms with Gasteiger partial charge in [0.25, 0.3) is 0 Å². The molecule has 72 valence electrons. The van der Waals surface area contributed by atoms with Crippen LogP contribution in [0.1, 0.15) is 36.9 Å². The lowest BCUT2D eigenvalue weighted by Gasteiger charge is -2.13. The van der Waals surface area contributed by atoms with Crippen molar-refractivity contribution in [3.63, 3.8) is 0 Å². The predicted octanol–water partition coefficient (Wildman–Crippen LogP) is 3.40. The van der Waals surface area contributed by atoms with Crippen LogP contribution in [0.2, 0.25) is 0 Å². The van der Waals surface area contributed by atoms with Gasteiger partial charge in [0.15, 0.2) is 0 Å². The lowest BCUT2D eigenvalue weighted by molar-refractivity contribution is 0.635. The van der Waals surface area contributed by atoms with Gasteiger partial charge in [0.2, 0.25) is 0 Å². The molecule has 0 aliphatic carbocycles. The van der Waals surface area contributed by atoms with Gasteiger partial charge in [0.05, 0.1) is 0 Å². The number of benzene rings is 1. The third-order valence-corrected chi connectivity index (χ3v) is 2.90. The summed E-state index contributed by atoms with van der Waals surface area (Å²) in [4.78, 5) is 0. The van der Waals surface area contributed by atoms with E-state index in [0.29, 0.717) is 0 Å². The maximum atomic E-state index is 6.05. The summed E-state index contributed by atoms with van der Waals surface area (Å²) in [6.45, 7) is 4.30. The maximum absolute atomic E-state index is 6.05. The van der Waals surface area contributed by atoms with E-state index in [1.807, 2.05) is 0 Å². The number of halogens is 1. The van der Waals surface area contributed by atoms with E-state index in [4.69, 9.17) is 5.73 Å². The monoisotopic (exact) mass is 289 g/mol. The van der Waals surface area contributed by atoms with Crippen molar-refractivity contribution in [3.8, 4) is 0 Å². The molecule has 0 heterocycles. The van der Waals surface area contributed by atoms with Gasteiger partial charge in [-0.3, -0.25) is 0 Å². The Morgan fingerprint density at radius 2 is 2.15 bits per heavy atom. The van der Waals surface area contributed by atoms with Crippen molar-refractivity contribution in [1.29, 1.82) is 0 Å². The van der Waals surface area contributed by atoms with E-state index < -0.39 is 0 Å². The van der Waals surface area contributed by atoms with Crippen LogP contribution in [0.15, 0.2) is 18.2 Å². The minimum atomic E-state index is 0.210. The van der Waals surface area contributed by atoms with Crippen LogP contribution in [-0.2, 0) is 0 Å². The van der Waals surface area contributed by atoms with Crippen molar-refractivity contribution >= 4 is 22.6 Å². The number of rotatable bonds is 3. The molecule has 2 heteroatoms. The van der Waals surface area contributed by atoms with Crippen molar-refractivity contribution in [3.05, 3.63) is 32.9 Å². The first-order valence-corrected chi connectivity index (χ1v) is 5.74. The van der Waals surface area contributed by atoms with E-state index in [1.54, 1.807) is 0 Å². The van der Waals surface area contributed by atoms with Crippen LogP contribution in [0.5, 0.6) is 0 Å². The molecule has 0 spiro atoms. The van der Waals surface area contributed by atoms with Gasteiger partial charge in [0, 0.05) is 9.61 Å². The molecule has 0 aliphatic rings. The van der Waals surface area contributed by atoms with Gasteiger partial charge in [-0.2, -0.15) is 0 Å². The molecule has 0 aliphatic heterocycles. The molecule has 1 aromatic rings. The molecule has 0 saturated carbocycles. The zero-order chi connectivity index (χ0) is 9.84. The van der Waals surface area contributed by atoms with Gasteiger partial charge in [-0.1, -0.05) is 19.4 Å². The van der Waals surface area contributed by atoms with Crippen LogP contribution in [0.4, 0.5) is 0 Å². The summed E-state index contributed by atoms with van der Waals surface area (Å²) in [7, 11) is 0. The van der Waals surface area contributed by atoms with E-state index in [1.165, 1.54) is 14.7 Å². The van der Waals surface area contributed by atoms with Crippen LogP contribution in [0.25, 0.3) is 0 Å². The lowest BCUT2D eigenvalue weighted by Crippen LogP contribution is -2.11. The normalized spacial score (nSPS) is 12.9. The molecule has 0 unspecified atom stereocenters. The third kappa shape index (κ3) is 2.95. The minimum Gasteiger partial charge on any atom is -0.324 e. The summed E-state index contributed by atoms with van der Waals surface area (Å²) < 4.78 is 1.28. The Kier molecular flexibility index (Phi) is 4.19. The second kappa shape index (κ2) is 4.96. The first kappa shape index (κ1) is 11.0. The fourth-order valence-electron chi connectivity index (χ4n) is 1.52. The Balaban J connectivity index is 2.88. The number of aryl methyl sites for hydroxylation is 1. The van der Waals surface area contributed by atoms with Crippen molar-refractivity contribution in [2.24, 2.45) is 5.73 Å². The van der Waals surface area contributed by atoms with Crippen molar-refractivity contribution in [1.82, 2.24) is 0 Å². The molecule has 0 saturated heterocycles. The SMILES string of the molecule is CCC[C@H](N)c1ccc(I)cc1C. The molecule has 0 amide bonds. The van der Waals surface area contributed by atoms with E-state index in [0.717, 1.165) is 12.8 Å². The smallest absolute Gasteiger partial charge is 0.0297 e. The fraction of sp³-hybridized carbons (Fsp3) is 0.455.